The summed E-state index contributed by atoms with van der Waals surface area (Å²) in [6, 6.07) is 12.3. The molecular formula is C18H21F2NO2. The van der Waals surface area contributed by atoms with Crippen LogP contribution in [0.4, 0.5) is 8.78 Å². The molecule has 0 amide bonds. The van der Waals surface area contributed by atoms with Crippen molar-refractivity contribution < 1.29 is 18.6 Å². The number of aliphatic hydroxyl groups is 1. The number of rotatable bonds is 8. The molecular weight excluding hydrogens is 300 g/mol. The number of ether oxygens (including phenoxy) is 1. The molecule has 0 aliphatic rings. The van der Waals surface area contributed by atoms with E-state index in [0.29, 0.717) is 13.0 Å². The highest BCUT2D eigenvalue weighted by Gasteiger charge is 2.15. The molecule has 0 saturated carbocycles. The summed E-state index contributed by atoms with van der Waals surface area (Å²) in [6.45, 7) is 0.507. The average molecular weight is 321 g/mol. The lowest BCUT2D eigenvalue weighted by molar-refractivity contribution is 0.0626. The van der Waals surface area contributed by atoms with Gasteiger partial charge in [0.05, 0.1) is 12.7 Å². The summed E-state index contributed by atoms with van der Waals surface area (Å²) in [6.07, 6.45) is -0.176. The molecule has 2 N–H and O–H groups in total. The molecule has 0 heterocycles. The van der Waals surface area contributed by atoms with Gasteiger partial charge in [-0.15, -0.1) is 0 Å². The molecule has 2 aromatic rings. The van der Waals surface area contributed by atoms with E-state index in [0.717, 1.165) is 11.1 Å². The van der Waals surface area contributed by atoms with Gasteiger partial charge < -0.3 is 15.2 Å². The van der Waals surface area contributed by atoms with Gasteiger partial charge in [-0.05, 0) is 41.8 Å². The Balaban J connectivity index is 2.13. The third kappa shape index (κ3) is 5.71. The van der Waals surface area contributed by atoms with Crippen LogP contribution in [0.1, 0.15) is 17.2 Å². The van der Waals surface area contributed by atoms with Crippen molar-refractivity contribution in [2.24, 2.45) is 0 Å². The predicted octanol–water partition coefficient (Wildman–Crippen LogP) is 2.85. The first-order chi connectivity index (χ1) is 11.1. The maximum absolute atomic E-state index is 13.5. The van der Waals surface area contributed by atoms with Crippen LogP contribution >= 0.6 is 0 Å². The first-order valence-electron chi connectivity index (χ1n) is 7.49. The first kappa shape index (κ1) is 17.5. The zero-order valence-electron chi connectivity index (χ0n) is 13.0. The summed E-state index contributed by atoms with van der Waals surface area (Å²) in [5, 5.41) is 13.0. The van der Waals surface area contributed by atoms with Crippen molar-refractivity contribution in [1.29, 1.82) is 0 Å². The molecule has 0 aliphatic carbocycles. The minimum absolute atomic E-state index is 0.211. The lowest BCUT2D eigenvalue weighted by Gasteiger charge is -2.21. The summed E-state index contributed by atoms with van der Waals surface area (Å²) >= 11 is 0. The van der Waals surface area contributed by atoms with Crippen LogP contribution in [0.25, 0.3) is 0 Å². The van der Waals surface area contributed by atoms with Crippen molar-refractivity contribution in [1.82, 2.24) is 5.32 Å². The monoisotopic (exact) mass is 321 g/mol. The van der Waals surface area contributed by atoms with Gasteiger partial charge in [0.1, 0.15) is 11.6 Å². The Morgan fingerprint density at radius 1 is 1.09 bits per heavy atom. The van der Waals surface area contributed by atoms with E-state index in [9.17, 15) is 13.9 Å². The van der Waals surface area contributed by atoms with Gasteiger partial charge in [-0.3, -0.25) is 0 Å². The van der Waals surface area contributed by atoms with E-state index in [-0.39, 0.29) is 24.3 Å². The van der Waals surface area contributed by atoms with Crippen molar-refractivity contribution in [2.75, 3.05) is 20.3 Å². The molecule has 2 aromatic carbocycles. The van der Waals surface area contributed by atoms with E-state index in [4.69, 9.17) is 4.74 Å². The number of halogens is 2. The molecule has 2 rings (SSSR count). The fourth-order valence-corrected chi connectivity index (χ4v) is 2.46. The molecule has 0 fully saturated rings. The van der Waals surface area contributed by atoms with Gasteiger partial charge in [0.15, 0.2) is 0 Å². The number of aliphatic hydroxyl groups excluding tert-OH is 1. The summed E-state index contributed by atoms with van der Waals surface area (Å²) in [7, 11) is 1.51. The van der Waals surface area contributed by atoms with Gasteiger partial charge in [0.2, 0.25) is 0 Å². The van der Waals surface area contributed by atoms with Crippen LogP contribution in [-0.4, -0.2) is 31.5 Å². The van der Waals surface area contributed by atoms with Gasteiger partial charge in [-0.25, -0.2) is 8.78 Å². The fraction of sp³-hybridized carbons (Fsp3) is 0.333. The van der Waals surface area contributed by atoms with Crippen molar-refractivity contribution in [2.45, 2.75) is 18.6 Å². The molecule has 124 valence electrons. The van der Waals surface area contributed by atoms with Crippen LogP contribution in [0.3, 0.4) is 0 Å². The minimum atomic E-state index is -0.663. The van der Waals surface area contributed by atoms with Crippen molar-refractivity contribution in [3.63, 3.8) is 0 Å². The van der Waals surface area contributed by atoms with E-state index in [1.165, 1.54) is 31.4 Å². The van der Waals surface area contributed by atoms with E-state index in [2.05, 4.69) is 5.32 Å². The summed E-state index contributed by atoms with van der Waals surface area (Å²) in [5.74, 6) is -0.633. The van der Waals surface area contributed by atoms with Crippen molar-refractivity contribution in [3.05, 3.63) is 71.3 Å². The van der Waals surface area contributed by atoms with Gasteiger partial charge in [-0.1, -0.05) is 24.3 Å². The third-order valence-electron chi connectivity index (χ3n) is 3.54. The quantitative estimate of drug-likeness (QED) is 0.785. The highest BCUT2D eigenvalue weighted by molar-refractivity contribution is 5.25. The molecule has 0 bridgehead atoms. The molecule has 5 heteroatoms. The Hall–Kier alpha value is -1.82. The lowest BCUT2D eigenvalue weighted by atomic mass is 9.98. The van der Waals surface area contributed by atoms with Gasteiger partial charge >= 0.3 is 0 Å². The highest BCUT2D eigenvalue weighted by atomic mass is 19.1. The predicted molar refractivity (Wildman–Crippen MR) is 85.1 cm³/mol. The minimum Gasteiger partial charge on any atom is -0.389 e. The smallest absolute Gasteiger partial charge is 0.123 e. The van der Waals surface area contributed by atoms with E-state index >= 15 is 0 Å². The van der Waals surface area contributed by atoms with Gasteiger partial charge in [-0.2, -0.15) is 0 Å². The van der Waals surface area contributed by atoms with Crippen molar-refractivity contribution >= 4 is 0 Å². The third-order valence-corrected chi connectivity index (χ3v) is 3.54. The number of nitrogens with one attached hydrogen (secondary N) is 1. The molecule has 0 radical (unpaired) electrons. The van der Waals surface area contributed by atoms with E-state index < -0.39 is 6.10 Å². The topological polar surface area (TPSA) is 41.5 Å². The number of hydrogen-bond donors (Lipinski definition) is 2. The fourth-order valence-electron chi connectivity index (χ4n) is 2.46. The first-order valence-corrected chi connectivity index (χ1v) is 7.49. The maximum atomic E-state index is 13.5. The second-order valence-electron chi connectivity index (χ2n) is 5.46. The molecule has 3 nitrogen and oxygen atoms in total. The second kappa shape index (κ2) is 8.72. The zero-order valence-corrected chi connectivity index (χ0v) is 13.0. The number of methoxy groups -OCH3 is 1. The highest BCUT2D eigenvalue weighted by Crippen LogP contribution is 2.20. The van der Waals surface area contributed by atoms with Crippen LogP contribution in [0.5, 0.6) is 0 Å². The summed E-state index contributed by atoms with van der Waals surface area (Å²) in [4.78, 5) is 0. The van der Waals surface area contributed by atoms with Crippen LogP contribution in [0.2, 0.25) is 0 Å². The standard InChI is InChI=1S/C18H21F2NO2/c1-23-12-17(22)11-21-18(14-5-3-7-16(20)10-14)9-13-4-2-6-15(19)8-13/h2-8,10,17-18,21-22H,9,11-12H2,1H3. The average Bonchev–Trinajstić information content (AvgIpc) is 2.52. The van der Waals surface area contributed by atoms with Crippen LogP contribution in [-0.2, 0) is 11.2 Å². The van der Waals surface area contributed by atoms with Crippen LogP contribution in [0.15, 0.2) is 48.5 Å². The number of hydrogen-bond acceptors (Lipinski definition) is 3. The Kier molecular flexibility index (Phi) is 6.65. The second-order valence-corrected chi connectivity index (χ2v) is 5.46. The maximum Gasteiger partial charge on any atom is 0.123 e. The Morgan fingerprint density at radius 3 is 2.43 bits per heavy atom. The zero-order chi connectivity index (χ0) is 16.7. The largest absolute Gasteiger partial charge is 0.389 e. The molecule has 2 unspecified atom stereocenters. The Morgan fingerprint density at radius 2 is 1.78 bits per heavy atom. The Bertz CT molecular complexity index is 621. The molecule has 2 atom stereocenters. The normalized spacial score (nSPS) is 13.7. The Labute approximate surface area is 134 Å². The summed E-state index contributed by atoms with van der Waals surface area (Å²) < 4.78 is 31.7. The van der Waals surface area contributed by atoms with Crippen molar-refractivity contribution in [3.8, 4) is 0 Å². The van der Waals surface area contributed by atoms with E-state index in [1.54, 1.807) is 12.1 Å². The van der Waals surface area contributed by atoms with E-state index in [1.807, 2.05) is 12.1 Å². The molecule has 0 spiro atoms. The van der Waals surface area contributed by atoms with Gasteiger partial charge in [0, 0.05) is 19.7 Å². The van der Waals surface area contributed by atoms with Crippen LogP contribution in [0, 0.1) is 11.6 Å². The number of benzene rings is 2. The molecule has 23 heavy (non-hydrogen) atoms. The molecule has 0 aromatic heterocycles. The van der Waals surface area contributed by atoms with Gasteiger partial charge in [0.25, 0.3) is 0 Å². The molecule has 0 aliphatic heterocycles. The SMILES string of the molecule is COCC(O)CNC(Cc1cccc(F)c1)c1cccc(F)c1. The lowest BCUT2D eigenvalue weighted by Crippen LogP contribution is -2.33. The summed E-state index contributed by atoms with van der Waals surface area (Å²) in [5.41, 5.74) is 1.55. The van der Waals surface area contributed by atoms with Crippen LogP contribution < -0.4 is 5.32 Å². The molecule has 0 saturated heterocycles.